The Morgan fingerprint density at radius 2 is 1.61 bits per heavy atom. The number of hydrogen-bond donors (Lipinski definition) is 3. The number of carboxylic acid groups (broad SMARTS) is 1. The van der Waals surface area contributed by atoms with Crippen molar-refractivity contribution in [3.05, 3.63) is 0 Å². The lowest BCUT2D eigenvalue weighted by atomic mass is 10.3. The minimum atomic E-state index is -1.11. The van der Waals surface area contributed by atoms with E-state index < -0.39 is 18.4 Å². The summed E-state index contributed by atoms with van der Waals surface area (Å²) in [6.07, 6.45) is 2.73. The van der Waals surface area contributed by atoms with Crippen LogP contribution in [0.4, 0.5) is 0 Å². The fourth-order valence-corrected chi connectivity index (χ4v) is 1.77. The summed E-state index contributed by atoms with van der Waals surface area (Å²) in [6, 6.07) is 0. The number of amides is 2. The van der Waals surface area contributed by atoms with Crippen LogP contribution in [0.15, 0.2) is 0 Å². The third-order valence-corrected chi connectivity index (χ3v) is 2.74. The smallest absolute Gasteiger partial charge is 0.322 e. The third-order valence-electron chi connectivity index (χ3n) is 2.74. The van der Waals surface area contributed by atoms with Gasteiger partial charge in [0.05, 0.1) is 6.54 Å². The van der Waals surface area contributed by atoms with Gasteiger partial charge in [-0.05, 0) is 25.9 Å². The number of aliphatic carboxylic acids is 1. The number of hydrogen-bond acceptors (Lipinski definition) is 4. The second-order valence-corrected chi connectivity index (χ2v) is 4.25. The topological polar surface area (TPSA) is 98.7 Å². The average Bonchev–Trinajstić information content (AvgIpc) is 2.84. The maximum absolute atomic E-state index is 11.4. The molecule has 1 aliphatic rings. The zero-order valence-electron chi connectivity index (χ0n) is 10.3. The van der Waals surface area contributed by atoms with E-state index in [1.807, 2.05) is 0 Å². The van der Waals surface area contributed by atoms with Crippen LogP contribution in [0.5, 0.6) is 0 Å². The molecule has 7 nitrogen and oxygen atoms in total. The predicted octanol–water partition coefficient (Wildman–Crippen LogP) is -1.21. The van der Waals surface area contributed by atoms with Crippen LogP contribution in [-0.4, -0.2) is 60.5 Å². The van der Waals surface area contributed by atoms with Gasteiger partial charge in [-0.15, -0.1) is 0 Å². The van der Waals surface area contributed by atoms with Gasteiger partial charge in [-0.3, -0.25) is 14.4 Å². The Kier molecular flexibility index (Phi) is 6.13. The molecule has 1 aliphatic heterocycles. The van der Waals surface area contributed by atoms with Crippen molar-refractivity contribution in [2.75, 3.05) is 32.7 Å². The van der Waals surface area contributed by atoms with Gasteiger partial charge < -0.3 is 20.6 Å². The SMILES string of the molecule is O=C(O)CNC(=O)CNC(=O)CCN1CCCC1. The lowest BCUT2D eigenvalue weighted by molar-refractivity contribution is -0.137. The molecule has 18 heavy (non-hydrogen) atoms. The zero-order valence-corrected chi connectivity index (χ0v) is 10.3. The van der Waals surface area contributed by atoms with Crippen LogP contribution < -0.4 is 10.6 Å². The van der Waals surface area contributed by atoms with Crippen molar-refractivity contribution >= 4 is 17.8 Å². The van der Waals surface area contributed by atoms with E-state index in [2.05, 4.69) is 15.5 Å². The molecule has 0 aromatic heterocycles. The van der Waals surface area contributed by atoms with Crippen molar-refractivity contribution in [3.8, 4) is 0 Å². The number of carboxylic acids is 1. The summed E-state index contributed by atoms with van der Waals surface area (Å²) in [6.45, 7) is 2.18. The van der Waals surface area contributed by atoms with Gasteiger partial charge in [0.15, 0.2) is 0 Å². The molecule has 3 N–H and O–H groups in total. The van der Waals surface area contributed by atoms with Crippen LogP contribution >= 0.6 is 0 Å². The maximum Gasteiger partial charge on any atom is 0.322 e. The van der Waals surface area contributed by atoms with Gasteiger partial charge in [-0.2, -0.15) is 0 Å². The summed E-state index contributed by atoms with van der Waals surface area (Å²) in [5, 5.41) is 13.0. The molecule has 102 valence electrons. The van der Waals surface area contributed by atoms with E-state index in [4.69, 9.17) is 5.11 Å². The van der Waals surface area contributed by atoms with Crippen LogP contribution in [0, 0.1) is 0 Å². The molecule has 1 fully saturated rings. The van der Waals surface area contributed by atoms with Crippen molar-refractivity contribution in [2.24, 2.45) is 0 Å². The Morgan fingerprint density at radius 1 is 1.00 bits per heavy atom. The average molecular weight is 257 g/mol. The number of carbonyl (C=O) groups is 3. The lowest BCUT2D eigenvalue weighted by Gasteiger charge is -2.13. The van der Waals surface area contributed by atoms with Crippen LogP contribution in [-0.2, 0) is 14.4 Å². The molecule has 0 atom stereocenters. The van der Waals surface area contributed by atoms with E-state index in [0.29, 0.717) is 13.0 Å². The Bertz CT molecular complexity index is 313. The summed E-state index contributed by atoms with van der Waals surface area (Å²) in [5.74, 6) is -1.79. The monoisotopic (exact) mass is 257 g/mol. The minimum Gasteiger partial charge on any atom is -0.480 e. The number of nitrogens with zero attached hydrogens (tertiary/aromatic N) is 1. The molecule has 0 unspecified atom stereocenters. The summed E-state index contributed by atoms with van der Waals surface area (Å²) in [4.78, 5) is 34.9. The maximum atomic E-state index is 11.4. The van der Waals surface area contributed by atoms with Gasteiger partial charge in [-0.25, -0.2) is 0 Å². The van der Waals surface area contributed by atoms with E-state index in [-0.39, 0.29) is 12.5 Å². The van der Waals surface area contributed by atoms with Gasteiger partial charge in [-0.1, -0.05) is 0 Å². The highest BCUT2D eigenvalue weighted by molar-refractivity contribution is 5.86. The van der Waals surface area contributed by atoms with Crippen LogP contribution in [0.3, 0.4) is 0 Å². The first-order valence-electron chi connectivity index (χ1n) is 6.05. The van der Waals surface area contributed by atoms with Crippen LogP contribution in [0.2, 0.25) is 0 Å². The Balaban J connectivity index is 2.05. The Labute approximate surface area is 106 Å². The van der Waals surface area contributed by atoms with Crippen LogP contribution in [0.25, 0.3) is 0 Å². The molecular weight excluding hydrogens is 238 g/mol. The molecular formula is C11H19N3O4. The molecule has 0 radical (unpaired) electrons. The van der Waals surface area contributed by atoms with Crippen molar-refractivity contribution in [1.29, 1.82) is 0 Å². The zero-order chi connectivity index (χ0) is 13.4. The Hall–Kier alpha value is -1.63. The molecule has 0 spiro atoms. The van der Waals surface area contributed by atoms with E-state index in [1.54, 1.807) is 0 Å². The predicted molar refractivity (Wildman–Crippen MR) is 63.9 cm³/mol. The summed E-state index contributed by atoms with van der Waals surface area (Å²) in [5.41, 5.74) is 0. The largest absolute Gasteiger partial charge is 0.480 e. The molecule has 0 saturated carbocycles. The fraction of sp³-hybridized carbons (Fsp3) is 0.727. The summed E-state index contributed by atoms with van der Waals surface area (Å²) >= 11 is 0. The van der Waals surface area contributed by atoms with Crippen molar-refractivity contribution in [2.45, 2.75) is 19.3 Å². The van der Waals surface area contributed by atoms with Gasteiger partial charge in [0, 0.05) is 13.0 Å². The summed E-state index contributed by atoms with van der Waals surface area (Å²) < 4.78 is 0. The van der Waals surface area contributed by atoms with Crippen molar-refractivity contribution < 1.29 is 19.5 Å². The van der Waals surface area contributed by atoms with E-state index in [0.717, 1.165) is 13.1 Å². The van der Waals surface area contributed by atoms with E-state index in [9.17, 15) is 14.4 Å². The molecule has 0 aromatic carbocycles. The second kappa shape index (κ2) is 7.65. The molecule has 2 amide bonds. The van der Waals surface area contributed by atoms with E-state index >= 15 is 0 Å². The quantitative estimate of drug-likeness (QED) is 0.531. The van der Waals surface area contributed by atoms with Crippen molar-refractivity contribution in [1.82, 2.24) is 15.5 Å². The molecule has 0 bridgehead atoms. The van der Waals surface area contributed by atoms with Crippen LogP contribution in [0.1, 0.15) is 19.3 Å². The number of rotatable bonds is 7. The second-order valence-electron chi connectivity index (χ2n) is 4.25. The highest BCUT2D eigenvalue weighted by Gasteiger charge is 2.13. The van der Waals surface area contributed by atoms with Gasteiger partial charge in [0.1, 0.15) is 6.54 Å². The first-order valence-corrected chi connectivity index (χ1v) is 6.05. The highest BCUT2D eigenvalue weighted by Crippen LogP contribution is 2.06. The molecule has 0 aliphatic carbocycles. The molecule has 7 heteroatoms. The molecule has 1 heterocycles. The third kappa shape index (κ3) is 6.19. The number of nitrogens with one attached hydrogen (secondary N) is 2. The first-order chi connectivity index (χ1) is 8.58. The standard InChI is InChI=1S/C11H19N3O4/c15-9(3-6-14-4-1-2-5-14)12-7-10(16)13-8-11(17)18/h1-8H2,(H,12,15)(H,13,16)(H,17,18). The summed E-state index contributed by atoms with van der Waals surface area (Å²) in [7, 11) is 0. The first kappa shape index (κ1) is 14.4. The lowest BCUT2D eigenvalue weighted by Crippen LogP contribution is -2.39. The molecule has 1 saturated heterocycles. The van der Waals surface area contributed by atoms with Gasteiger partial charge >= 0.3 is 5.97 Å². The van der Waals surface area contributed by atoms with Gasteiger partial charge in [0.25, 0.3) is 0 Å². The fourth-order valence-electron chi connectivity index (χ4n) is 1.77. The molecule has 1 rings (SSSR count). The number of carbonyl (C=O) groups excluding carboxylic acids is 2. The molecule has 0 aromatic rings. The number of likely N-dealkylation sites (tertiary alicyclic amines) is 1. The highest BCUT2D eigenvalue weighted by atomic mass is 16.4. The Morgan fingerprint density at radius 3 is 2.22 bits per heavy atom. The van der Waals surface area contributed by atoms with Crippen molar-refractivity contribution in [3.63, 3.8) is 0 Å². The van der Waals surface area contributed by atoms with Gasteiger partial charge in [0.2, 0.25) is 11.8 Å². The normalized spacial score (nSPS) is 15.3. The minimum absolute atomic E-state index is 0.174. The van der Waals surface area contributed by atoms with E-state index in [1.165, 1.54) is 12.8 Å².